The monoisotopic (exact) mass is 498 g/mol. The van der Waals surface area contributed by atoms with Gasteiger partial charge in [-0.05, 0) is 68.5 Å². The number of ether oxygens (including phenoxy) is 3. The van der Waals surface area contributed by atoms with E-state index >= 15 is 0 Å². The molecule has 2 aromatic carbocycles. The van der Waals surface area contributed by atoms with E-state index in [1.54, 1.807) is 12.1 Å². The quantitative estimate of drug-likeness (QED) is 0.471. The van der Waals surface area contributed by atoms with Gasteiger partial charge >= 0.3 is 0 Å². The summed E-state index contributed by atoms with van der Waals surface area (Å²) >= 11 is 0. The normalized spacial score (nSPS) is 17.9. The Hall–Kier alpha value is -2.48. The van der Waals surface area contributed by atoms with Crippen molar-refractivity contribution in [2.45, 2.75) is 70.9 Å². The molecule has 0 atom stereocenters. The highest BCUT2D eigenvalue weighted by atomic mass is 19.1. The first-order valence-corrected chi connectivity index (χ1v) is 13.2. The Bertz CT molecular complexity index is 937. The lowest BCUT2D eigenvalue weighted by Gasteiger charge is -2.39. The fourth-order valence-electron chi connectivity index (χ4n) is 4.89. The molecule has 0 aromatic heterocycles. The van der Waals surface area contributed by atoms with Gasteiger partial charge in [-0.1, -0.05) is 24.3 Å². The van der Waals surface area contributed by atoms with Crippen molar-refractivity contribution in [3.05, 3.63) is 65.5 Å². The van der Waals surface area contributed by atoms with Crippen LogP contribution in [0.3, 0.4) is 0 Å². The molecule has 0 aliphatic carbocycles. The zero-order valence-electron chi connectivity index (χ0n) is 21.5. The molecule has 0 unspecified atom stereocenters. The van der Waals surface area contributed by atoms with Crippen molar-refractivity contribution in [1.29, 1.82) is 0 Å². The Balaban J connectivity index is 1.36. The maximum atomic E-state index is 13.5. The van der Waals surface area contributed by atoms with E-state index in [1.807, 2.05) is 43.0 Å². The third kappa shape index (κ3) is 8.02. The summed E-state index contributed by atoms with van der Waals surface area (Å²) < 4.78 is 30.6. The molecule has 36 heavy (non-hydrogen) atoms. The van der Waals surface area contributed by atoms with Crippen LogP contribution in [-0.2, 0) is 27.2 Å². The molecular weight excluding hydrogens is 459 g/mol. The van der Waals surface area contributed by atoms with Crippen molar-refractivity contribution < 1.29 is 23.4 Å². The highest BCUT2D eigenvalue weighted by Gasteiger charge is 2.28. The van der Waals surface area contributed by atoms with Crippen molar-refractivity contribution in [1.82, 2.24) is 9.80 Å². The largest absolute Gasteiger partial charge is 0.491 e. The predicted octanol–water partition coefficient (Wildman–Crippen LogP) is 4.80. The minimum atomic E-state index is -0.264. The molecule has 0 radical (unpaired) electrons. The highest BCUT2D eigenvalue weighted by Crippen LogP contribution is 2.22. The fourth-order valence-corrected chi connectivity index (χ4v) is 4.89. The van der Waals surface area contributed by atoms with Gasteiger partial charge in [-0.2, -0.15) is 0 Å². The van der Waals surface area contributed by atoms with Gasteiger partial charge < -0.3 is 24.0 Å². The number of piperidine rings is 1. The summed E-state index contributed by atoms with van der Waals surface area (Å²) in [6, 6.07) is 14.4. The van der Waals surface area contributed by atoms with E-state index < -0.39 is 0 Å². The van der Waals surface area contributed by atoms with Crippen LogP contribution in [0.1, 0.15) is 50.7 Å². The van der Waals surface area contributed by atoms with Crippen LogP contribution in [0.4, 0.5) is 4.39 Å². The van der Waals surface area contributed by atoms with E-state index in [0.717, 1.165) is 75.4 Å². The molecule has 2 saturated heterocycles. The summed E-state index contributed by atoms with van der Waals surface area (Å²) in [5.41, 5.74) is 1.91. The number of hydrogen-bond acceptors (Lipinski definition) is 5. The lowest BCUT2D eigenvalue weighted by molar-refractivity contribution is -0.182. The zero-order valence-corrected chi connectivity index (χ0v) is 21.5. The molecule has 0 N–H and O–H groups in total. The van der Waals surface area contributed by atoms with Crippen LogP contribution in [0.25, 0.3) is 0 Å². The van der Waals surface area contributed by atoms with E-state index in [1.165, 1.54) is 12.1 Å². The summed E-state index contributed by atoms with van der Waals surface area (Å²) in [4.78, 5) is 18.0. The number of rotatable bonds is 10. The summed E-state index contributed by atoms with van der Waals surface area (Å²) in [6.45, 7) is 8.84. The fraction of sp³-hybridized carbons (Fsp3) is 0.552. The second kappa shape index (κ2) is 13.2. The highest BCUT2D eigenvalue weighted by molar-refractivity contribution is 5.79. The number of amides is 1. The average Bonchev–Trinajstić information content (AvgIpc) is 2.89. The number of nitrogens with zero attached hydrogens (tertiary/aromatic N) is 2. The molecule has 0 saturated carbocycles. The van der Waals surface area contributed by atoms with E-state index in [9.17, 15) is 9.18 Å². The van der Waals surface area contributed by atoms with E-state index in [4.69, 9.17) is 14.2 Å². The molecule has 2 aromatic rings. The summed E-state index contributed by atoms with van der Waals surface area (Å²) in [5.74, 6) is 0.639. The van der Waals surface area contributed by atoms with Gasteiger partial charge in [-0.15, -0.1) is 0 Å². The Morgan fingerprint density at radius 1 is 1.03 bits per heavy atom. The molecule has 0 spiro atoms. The maximum absolute atomic E-state index is 13.5. The third-order valence-electron chi connectivity index (χ3n) is 6.81. The first kappa shape index (κ1) is 26.6. The number of halogens is 1. The van der Waals surface area contributed by atoms with Gasteiger partial charge in [0.05, 0.1) is 25.7 Å². The topological polar surface area (TPSA) is 51.2 Å². The molecule has 6 nitrogen and oxygen atoms in total. The van der Waals surface area contributed by atoms with Gasteiger partial charge in [0.15, 0.2) is 6.29 Å². The van der Waals surface area contributed by atoms with Crippen molar-refractivity contribution in [3.8, 4) is 5.75 Å². The number of likely N-dealkylation sites (tertiary alicyclic amines) is 1. The van der Waals surface area contributed by atoms with Crippen molar-refractivity contribution in [3.63, 3.8) is 0 Å². The van der Waals surface area contributed by atoms with Gasteiger partial charge in [0.2, 0.25) is 5.91 Å². The van der Waals surface area contributed by atoms with Gasteiger partial charge in [-0.25, -0.2) is 4.39 Å². The standard InChI is InChI=1S/C29H39FN2O4/c1-22(2)36-27-10-6-23(7-11-27)20-28(33)32(21-24-4-8-25(30)9-5-24)26-12-15-31(16-13-26)17-14-29-34-18-3-19-35-29/h4-11,22,26,29H,3,12-21H2,1-2H3. The Labute approximate surface area is 214 Å². The van der Waals surface area contributed by atoms with Crippen LogP contribution in [0, 0.1) is 5.82 Å². The lowest BCUT2D eigenvalue weighted by Crippen LogP contribution is -2.48. The first-order chi connectivity index (χ1) is 17.5. The molecule has 196 valence electrons. The average molecular weight is 499 g/mol. The van der Waals surface area contributed by atoms with Crippen LogP contribution in [0.15, 0.2) is 48.5 Å². The minimum absolute atomic E-state index is 0.0923. The minimum Gasteiger partial charge on any atom is -0.491 e. The number of benzene rings is 2. The second-order valence-corrected chi connectivity index (χ2v) is 10.0. The smallest absolute Gasteiger partial charge is 0.227 e. The van der Waals surface area contributed by atoms with E-state index in [-0.39, 0.29) is 30.2 Å². The Kier molecular flexibility index (Phi) is 9.73. The van der Waals surface area contributed by atoms with Crippen LogP contribution < -0.4 is 4.74 Å². The van der Waals surface area contributed by atoms with Gasteiger partial charge in [0.1, 0.15) is 11.6 Å². The van der Waals surface area contributed by atoms with Gasteiger partial charge in [0.25, 0.3) is 0 Å². The Morgan fingerprint density at radius 2 is 1.67 bits per heavy atom. The molecule has 4 rings (SSSR count). The molecule has 2 aliphatic rings. The molecule has 0 bridgehead atoms. The SMILES string of the molecule is CC(C)Oc1ccc(CC(=O)N(Cc2ccc(F)cc2)C2CCN(CCC3OCCCO3)CC2)cc1. The summed E-state index contributed by atoms with van der Waals surface area (Å²) in [6.07, 6.45) is 4.03. The molecule has 2 heterocycles. The number of carbonyl (C=O) groups is 1. The molecule has 1 amide bonds. The third-order valence-corrected chi connectivity index (χ3v) is 6.81. The Morgan fingerprint density at radius 3 is 2.31 bits per heavy atom. The van der Waals surface area contributed by atoms with Crippen LogP contribution >= 0.6 is 0 Å². The maximum Gasteiger partial charge on any atom is 0.227 e. The number of hydrogen-bond donors (Lipinski definition) is 0. The van der Waals surface area contributed by atoms with Gasteiger partial charge in [-0.3, -0.25) is 4.79 Å². The molecular formula is C29H39FN2O4. The predicted molar refractivity (Wildman–Crippen MR) is 137 cm³/mol. The van der Waals surface area contributed by atoms with E-state index in [0.29, 0.717) is 13.0 Å². The first-order valence-electron chi connectivity index (χ1n) is 13.2. The summed E-state index contributed by atoms with van der Waals surface area (Å²) in [5, 5.41) is 0. The van der Waals surface area contributed by atoms with Gasteiger partial charge in [0, 0.05) is 38.6 Å². The summed E-state index contributed by atoms with van der Waals surface area (Å²) in [7, 11) is 0. The van der Waals surface area contributed by atoms with Crippen LogP contribution in [0.5, 0.6) is 5.75 Å². The molecule has 2 aliphatic heterocycles. The van der Waals surface area contributed by atoms with Crippen molar-refractivity contribution in [2.75, 3.05) is 32.8 Å². The molecule has 7 heteroatoms. The number of carbonyl (C=O) groups excluding carboxylic acids is 1. The van der Waals surface area contributed by atoms with Crippen molar-refractivity contribution >= 4 is 5.91 Å². The second-order valence-electron chi connectivity index (χ2n) is 10.0. The molecule has 2 fully saturated rings. The van der Waals surface area contributed by atoms with Crippen molar-refractivity contribution in [2.24, 2.45) is 0 Å². The lowest BCUT2D eigenvalue weighted by atomic mass is 10.0. The van der Waals surface area contributed by atoms with Crippen LogP contribution in [-0.4, -0.2) is 67.0 Å². The van der Waals surface area contributed by atoms with Crippen LogP contribution in [0.2, 0.25) is 0 Å². The zero-order chi connectivity index (χ0) is 25.3. The van der Waals surface area contributed by atoms with E-state index in [2.05, 4.69) is 4.90 Å².